The maximum absolute atomic E-state index is 13.9. The van der Waals surface area contributed by atoms with Crippen molar-refractivity contribution in [3.8, 4) is 0 Å². The van der Waals surface area contributed by atoms with Crippen molar-refractivity contribution in [1.82, 2.24) is 4.90 Å². The molecule has 134 valence electrons. The number of carbonyl (C=O) groups is 2. The molecule has 0 saturated carbocycles. The Balaban J connectivity index is 1.63. The van der Waals surface area contributed by atoms with Gasteiger partial charge in [0.25, 0.3) is 0 Å². The number of halogens is 1. The molecular formula is C22H22FNO2. The number of likely N-dealkylation sites (tertiary alicyclic amines) is 1. The second-order valence-electron chi connectivity index (χ2n) is 7.42. The molecule has 0 aromatic heterocycles. The minimum absolute atomic E-state index is 0.0433. The standard InChI is InChI=1S/C22H22FNO2/c1-24-13-18(16-10-9-14-6-4-7-15(14)11-16)21(22(24)26)20(25)12-17-5-2-3-8-19(17)23/h2-3,5,8-11,18,21H,4,6-7,12-13H2,1H3/t18-,21+/m1/s1. The van der Waals surface area contributed by atoms with Crippen LogP contribution < -0.4 is 0 Å². The zero-order valence-electron chi connectivity index (χ0n) is 14.9. The molecule has 0 spiro atoms. The van der Waals surface area contributed by atoms with Gasteiger partial charge >= 0.3 is 0 Å². The van der Waals surface area contributed by atoms with Crippen LogP contribution in [0, 0.1) is 11.7 Å². The minimum atomic E-state index is -0.723. The summed E-state index contributed by atoms with van der Waals surface area (Å²) in [6, 6.07) is 12.6. The zero-order chi connectivity index (χ0) is 18.3. The van der Waals surface area contributed by atoms with Crippen molar-refractivity contribution in [3.05, 3.63) is 70.5 Å². The van der Waals surface area contributed by atoms with E-state index in [1.807, 2.05) is 0 Å². The van der Waals surface area contributed by atoms with Crippen molar-refractivity contribution in [1.29, 1.82) is 0 Å². The predicted molar refractivity (Wildman–Crippen MR) is 97.4 cm³/mol. The van der Waals surface area contributed by atoms with E-state index in [0.29, 0.717) is 12.1 Å². The number of nitrogens with zero attached hydrogens (tertiary/aromatic N) is 1. The van der Waals surface area contributed by atoms with Gasteiger partial charge in [-0.25, -0.2) is 4.39 Å². The van der Waals surface area contributed by atoms with E-state index in [-0.39, 0.29) is 24.0 Å². The van der Waals surface area contributed by atoms with Crippen molar-refractivity contribution >= 4 is 11.7 Å². The predicted octanol–water partition coefficient (Wildman–Crippen LogP) is 3.30. The summed E-state index contributed by atoms with van der Waals surface area (Å²) in [5.41, 5.74) is 4.12. The molecule has 1 saturated heterocycles. The summed E-state index contributed by atoms with van der Waals surface area (Å²) >= 11 is 0. The van der Waals surface area contributed by atoms with E-state index in [2.05, 4.69) is 18.2 Å². The molecule has 1 aliphatic carbocycles. The molecule has 2 aromatic rings. The number of fused-ring (bicyclic) bond motifs is 1. The fourth-order valence-electron chi connectivity index (χ4n) is 4.32. The average molecular weight is 351 g/mol. The highest BCUT2D eigenvalue weighted by molar-refractivity contribution is 6.04. The number of benzene rings is 2. The topological polar surface area (TPSA) is 37.4 Å². The number of aryl methyl sites for hydroxylation is 2. The molecule has 0 unspecified atom stereocenters. The number of ketones is 1. The van der Waals surface area contributed by atoms with Gasteiger partial charge in [-0.15, -0.1) is 0 Å². The Bertz CT molecular complexity index is 876. The van der Waals surface area contributed by atoms with Crippen molar-refractivity contribution in [3.63, 3.8) is 0 Å². The number of likely N-dealkylation sites (N-methyl/N-ethyl adjacent to an activating group) is 1. The van der Waals surface area contributed by atoms with Gasteiger partial charge in [-0.2, -0.15) is 0 Å². The Morgan fingerprint density at radius 1 is 1.15 bits per heavy atom. The zero-order valence-corrected chi connectivity index (χ0v) is 14.9. The van der Waals surface area contributed by atoms with E-state index < -0.39 is 11.7 Å². The highest BCUT2D eigenvalue weighted by Crippen LogP contribution is 2.36. The van der Waals surface area contributed by atoms with Crippen LogP contribution in [0.4, 0.5) is 4.39 Å². The normalized spacial score (nSPS) is 21.9. The van der Waals surface area contributed by atoms with E-state index in [0.717, 1.165) is 24.8 Å². The number of Topliss-reactive ketones (excluding diaryl/α,β-unsaturated/α-hetero) is 1. The number of amides is 1. The third kappa shape index (κ3) is 2.94. The number of hydrogen-bond donors (Lipinski definition) is 0. The van der Waals surface area contributed by atoms with Crippen molar-refractivity contribution in [2.24, 2.45) is 5.92 Å². The van der Waals surface area contributed by atoms with E-state index in [9.17, 15) is 14.0 Å². The van der Waals surface area contributed by atoms with Crippen LogP contribution in [0.3, 0.4) is 0 Å². The highest BCUT2D eigenvalue weighted by atomic mass is 19.1. The third-order valence-electron chi connectivity index (χ3n) is 5.74. The van der Waals surface area contributed by atoms with Gasteiger partial charge in [-0.3, -0.25) is 9.59 Å². The summed E-state index contributed by atoms with van der Waals surface area (Å²) in [7, 11) is 1.74. The van der Waals surface area contributed by atoms with E-state index in [4.69, 9.17) is 0 Å². The largest absolute Gasteiger partial charge is 0.344 e. The lowest BCUT2D eigenvalue weighted by Crippen LogP contribution is -2.29. The Hall–Kier alpha value is -2.49. The molecule has 0 N–H and O–H groups in total. The lowest BCUT2D eigenvalue weighted by Gasteiger charge is -2.17. The monoisotopic (exact) mass is 351 g/mol. The van der Waals surface area contributed by atoms with Gasteiger partial charge in [0.15, 0.2) is 0 Å². The van der Waals surface area contributed by atoms with Crippen LogP contribution in [0.5, 0.6) is 0 Å². The molecular weight excluding hydrogens is 329 g/mol. The maximum atomic E-state index is 13.9. The molecule has 26 heavy (non-hydrogen) atoms. The summed E-state index contributed by atoms with van der Waals surface area (Å²) in [6.07, 6.45) is 3.29. The van der Waals surface area contributed by atoms with Gasteiger partial charge in [0.2, 0.25) is 5.91 Å². The molecule has 1 fully saturated rings. The van der Waals surface area contributed by atoms with Crippen LogP contribution in [-0.4, -0.2) is 30.2 Å². The van der Waals surface area contributed by atoms with Gasteiger partial charge < -0.3 is 4.90 Å². The molecule has 0 radical (unpaired) electrons. The van der Waals surface area contributed by atoms with Gasteiger partial charge in [-0.05, 0) is 47.6 Å². The number of carbonyl (C=O) groups excluding carboxylic acids is 2. The summed E-state index contributed by atoms with van der Waals surface area (Å²) in [5.74, 6) is -1.63. The summed E-state index contributed by atoms with van der Waals surface area (Å²) in [6.45, 7) is 0.533. The Morgan fingerprint density at radius 2 is 1.92 bits per heavy atom. The Labute approximate surface area is 152 Å². The fraction of sp³-hybridized carbons (Fsp3) is 0.364. The fourth-order valence-corrected chi connectivity index (χ4v) is 4.32. The number of rotatable bonds is 4. The molecule has 4 rings (SSSR count). The second kappa shape index (κ2) is 6.67. The van der Waals surface area contributed by atoms with Crippen LogP contribution in [-0.2, 0) is 28.9 Å². The van der Waals surface area contributed by atoms with Crippen molar-refractivity contribution in [2.45, 2.75) is 31.6 Å². The second-order valence-corrected chi connectivity index (χ2v) is 7.42. The third-order valence-corrected chi connectivity index (χ3v) is 5.74. The van der Waals surface area contributed by atoms with Crippen LogP contribution in [0.25, 0.3) is 0 Å². The molecule has 0 bridgehead atoms. The molecule has 1 heterocycles. The first kappa shape index (κ1) is 17.0. The van der Waals surface area contributed by atoms with E-state index >= 15 is 0 Å². The first-order valence-electron chi connectivity index (χ1n) is 9.17. The molecule has 1 amide bonds. The van der Waals surface area contributed by atoms with E-state index in [1.54, 1.807) is 30.1 Å². The SMILES string of the molecule is CN1C[C@H](c2ccc3c(c2)CCC3)[C@@H](C(=O)Cc2ccccc2F)C1=O. The Morgan fingerprint density at radius 3 is 2.73 bits per heavy atom. The molecule has 2 atom stereocenters. The molecule has 1 aliphatic heterocycles. The summed E-state index contributed by atoms with van der Waals surface area (Å²) in [4.78, 5) is 27.2. The minimum Gasteiger partial charge on any atom is -0.344 e. The quantitative estimate of drug-likeness (QED) is 0.793. The first-order valence-corrected chi connectivity index (χ1v) is 9.17. The van der Waals surface area contributed by atoms with Gasteiger partial charge in [0, 0.05) is 25.9 Å². The smallest absolute Gasteiger partial charge is 0.233 e. The molecule has 2 aliphatic rings. The summed E-state index contributed by atoms with van der Waals surface area (Å²) < 4.78 is 13.9. The van der Waals surface area contributed by atoms with Crippen LogP contribution in [0.15, 0.2) is 42.5 Å². The van der Waals surface area contributed by atoms with Crippen LogP contribution in [0.2, 0.25) is 0 Å². The lowest BCUT2D eigenvalue weighted by molar-refractivity contribution is -0.136. The van der Waals surface area contributed by atoms with Crippen molar-refractivity contribution in [2.75, 3.05) is 13.6 Å². The van der Waals surface area contributed by atoms with Crippen LogP contribution >= 0.6 is 0 Å². The van der Waals surface area contributed by atoms with Crippen LogP contribution in [0.1, 0.15) is 34.6 Å². The summed E-state index contributed by atoms with van der Waals surface area (Å²) in [5, 5.41) is 0. The van der Waals surface area contributed by atoms with Gasteiger partial charge in [0.05, 0.1) is 0 Å². The van der Waals surface area contributed by atoms with E-state index in [1.165, 1.54) is 17.2 Å². The number of hydrogen-bond acceptors (Lipinski definition) is 2. The molecule has 2 aromatic carbocycles. The van der Waals surface area contributed by atoms with Crippen molar-refractivity contribution < 1.29 is 14.0 Å². The van der Waals surface area contributed by atoms with Gasteiger partial charge in [-0.1, -0.05) is 36.4 Å². The Kier molecular flexibility index (Phi) is 4.35. The lowest BCUT2D eigenvalue weighted by atomic mass is 9.83. The molecule has 3 nitrogen and oxygen atoms in total. The maximum Gasteiger partial charge on any atom is 0.233 e. The average Bonchev–Trinajstić information content (AvgIpc) is 3.21. The highest BCUT2D eigenvalue weighted by Gasteiger charge is 2.44. The molecule has 4 heteroatoms. The first-order chi connectivity index (χ1) is 12.5. The van der Waals surface area contributed by atoms with Gasteiger partial charge in [0.1, 0.15) is 17.5 Å².